The SMILES string of the molecule is C[C@H]1CC=C(c2ccc3cn(C4CCOC4)nc3c2)N(C(=O)OC(C)(C)C)C1. The molecular formula is C22H29N3O3. The van der Waals surface area contributed by atoms with Crippen molar-refractivity contribution < 1.29 is 14.3 Å². The Labute approximate surface area is 166 Å². The number of carbonyl (C=O) groups is 1. The number of amides is 1. The second kappa shape index (κ2) is 7.24. The highest BCUT2D eigenvalue weighted by Gasteiger charge is 2.29. The minimum absolute atomic E-state index is 0.293. The van der Waals surface area contributed by atoms with Crippen molar-refractivity contribution in [2.24, 2.45) is 5.92 Å². The van der Waals surface area contributed by atoms with Crippen LogP contribution in [0.25, 0.3) is 16.6 Å². The molecule has 0 radical (unpaired) electrons. The van der Waals surface area contributed by atoms with Crippen molar-refractivity contribution in [2.75, 3.05) is 19.8 Å². The van der Waals surface area contributed by atoms with Gasteiger partial charge in [0.05, 0.1) is 23.9 Å². The third-order valence-electron chi connectivity index (χ3n) is 5.21. The highest BCUT2D eigenvalue weighted by Crippen LogP contribution is 2.31. The quantitative estimate of drug-likeness (QED) is 0.760. The summed E-state index contributed by atoms with van der Waals surface area (Å²) in [5, 5.41) is 5.87. The molecule has 1 saturated heterocycles. The minimum Gasteiger partial charge on any atom is -0.443 e. The second-order valence-electron chi connectivity index (χ2n) is 8.92. The van der Waals surface area contributed by atoms with Crippen LogP contribution in [-0.4, -0.2) is 46.1 Å². The summed E-state index contributed by atoms with van der Waals surface area (Å²) in [6, 6.07) is 6.53. The van der Waals surface area contributed by atoms with Gasteiger partial charge in [0.1, 0.15) is 5.60 Å². The number of benzene rings is 1. The van der Waals surface area contributed by atoms with Crippen LogP contribution >= 0.6 is 0 Å². The van der Waals surface area contributed by atoms with E-state index in [1.54, 1.807) is 4.90 Å². The highest BCUT2D eigenvalue weighted by atomic mass is 16.6. The molecule has 1 aromatic heterocycles. The molecule has 2 aromatic rings. The molecule has 0 aliphatic carbocycles. The van der Waals surface area contributed by atoms with Gasteiger partial charge >= 0.3 is 6.09 Å². The van der Waals surface area contributed by atoms with Crippen molar-refractivity contribution in [1.82, 2.24) is 14.7 Å². The van der Waals surface area contributed by atoms with E-state index >= 15 is 0 Å². The standard InChI is InChI=1S/C22H29N3O3/c1-15-5-8-20(24(12-15)21(26)28-22(2,3)4)16-6-7-17-13-25(23-19(17)11-16)18-9-10-27-14-18/h6-8,11,13,15,18H,5,9-10,12,14H2,1-4H3/t15-,18?/m0/s1. The van der Waals surface area contributed by atoms with Gasteiger partial charge in [0.2, 0.25) is 0 Å². The molecule has 4 rings (SSSR count). The first-order chi connectivity index (χ1) is 13.3. The number of nitrogens with zero attached hydrogens (tertiary/aromatic N) is 3. The van der Waals surface area contributed by atoms with Crippen LogP contribution in [0.15, 0.2) is 30.5 Å². The maximum Gasteiger partial charge on any atom is 0.414 e. The highest BCUT2D eigenvalue weighted by molar-refractivity contribution is 5.87. The van der Waals surface area contributed by atoms with Gasteiger partial charge in [-0.05, 0) is 45.6 Å². The van der Waals surface area contributed by atoms with Crippen LogP contribution in [0.3, 0.4) is 0 Å². The topological polar surface area (TPSA) is 56.6 Å². The van der Waals surface area contributed by atoms with Crippen LogP contribution in [0, 0.1) is 5.92 Å². The summed E-state index contributed by atoms with van der Waals surface area (Å²) in [6.45, 7) is 10.0. The molecule has 1 fully saturated rings. The fourth-order valence-electron chi connectivity index (χ4n) is 3.78. The molecule has 6 nitrogen and oxygen atoms in total. The summed E-state index contributed by atoms with van der Waals surface area (Å²) in [5.41, 5.74) is 2.33. The first kappa shape index (κ1) is 19.0. The number of fused-ring (bicyclic) bond motifs is 1. The molecule has 1 amide bonds. The molecule has 0 spiro atoms. The molecular weight excluding hydrogens is 354 g/mol. The van der Waals surface area contributed by atoms with Gasteiger partial charge in [-0.2, -0.15) is 5.10 Å². The van der Waals surface area contributed by atoms with E-state index in [2.05, 4.69) is 37.4 Å². The number of hydrogen-bond donors (Lipinski definition) is 0. The van der Waals surface area contributed by atoms with E-state index in [1.165, 1.54) is 0 Å². The molecule has 2 atom stereocenters. The molecule has 0 saturated carbocycles. The van der Waals surface area contributed by atoms with E-state index in [4.69, 9.17) is 14.6 Å². The predicted octanol–water partition coefficient (Wildman–Crippen LogP) is 4.62. The van der Waals surface area contributed by atoms with Gasteiger partial charge in [0.25, 0.3) is 0 Å². The number of hydrogen-bond acceptors (Lipinski definition) is 4. The van der Waals surface area contributed by atoms with E-state index in [1.807, 2.05) is 25.5 Å². The Morgan fingerprint density at radius 2 is 2.14 bits per heavy atom. The zero-order chi connectivity index (χ0) is 19.9. The maximum atomic E-state index is 12.8. The molecule has 3 heterocycles. The van der Waals surface area contributed by atoms with Crippen LogP contribution < -0.4 is 0 Å². The van der Waals surface area contributed by atoms with Gasteiger partial charge in [-0.1, -0.05) is 25.1 Å². The molecule has 1 aromatic carbocycles. The zero-order valence-electron chi connectivity index (χ0n) is 17.1. The Morgan fingerprint density at radius 3 is 2.86 bits per heavy atom. The van der Waals surface area contributed by atoms with Crippen LogP contribution in [-0.2, 0) is 9.47 Å². The monoisotopic (exact) mass is 383 g/mol. The summed E-state index contributed by atoms with van der Waals surface area (Å²) >= 11 is 0. The van der Waals surface area contributed by atoms with Gasteiger partial charge in [0.15, 0.2) is 0 Å². The van der Waals surface area contributed by atoms with Crippen LogP contribution in [0.5, 0.6) is 0 Å². The Balaban J connectivity index is 1.65. The lowest BCUT2D eigenvalue weighted by Gasteiger charge is -2.33. The molecule has 0 bridgehead atoms. The lowest BCUT2D eigenvalue weighted by atomic mass is 9.98. The van der Waals surface area contributed by atoms with Crippen molar-refractivity contribution in [3.63, 3.8) is 0 Å². The fraction of sp³-hybridized carbons (Fsp3) is 0.545. The largest absolute Gasteiger partial charge is 0.443 e. The normalized spacial score (nSPS) is 23.1. The number of rotatable bonds is 2. The van der Waals surface area contributed by atoms with E-state index in [0.717, 1.165) is 48.2 Å². The van der Waals surface area contributed by atoms with Crippen molar-refractivity contribution in [3.05, 3.63) is 36.0 Å². The summed E-state index contributed by atoms with van der Waals surface area (Å²) in [4.78, 5) is 14.6. The molecule has 2 aliphatic heterocycles. The maximum absolute atomic E-state index is 12.8. The first-order valence-corrected chi connectivity index (χ1v) is 10.1. The van der Waals surface area contributed by atoms with E-state index in [0.29, 0.717) is 18.5 Å². The molecule has 150 valence electrons. The third-order valence-corrected chi connectivity index (χ3v) is 5.21. The summed E-state index contributed by atoms with van der Waals surface area (Å²) in [6.07, 6.45) is 5.87. The first-order valence-electron chi connectivity index (χ1n) is 10.1. The zero-order valence-corrected chi connectivity index (χ0v) is 17.1. The van der Waals surface area contributed by atoms with Crippen molar-refractivity contribution >= 4 is 22.7 Å². The molecule has 28 heavy (non-hydrogen) atoms. The van der Waals surface area contributed by atoms with Crippen LogP contribution in [0.4, 0.5) is 4.79 Å². The van der Waals surface area contributed by atoms with E-state index < -0.39 is 5.60 Å². The van der Waals surface area contributed by atoms with Gasteiger partial charge < -0.3 is 9.47 Å². The number of carbonyl (C=O) groups excluding carboxylic acids is 1. The smallest absolute Gasteiger partial charge is 0.414 e. The summed E-state index contributed by atoms with van der Waals surface area (Å²) in [5.74, 6) is 0.404. The Bertz CT molecular complexity index is 903. The molecule has 1 unspecified atom stereocenters. The Hall–Kier alpha value is -2.34. The number of allylic oxidation sites excluding steroid dienone is 1. The van der Waals surface area contributed by atoms with Crippen molar-refractivity contribution in [2.45, 2.75) is 52.2 Å². The average molecular weight is 383 g/mol. The lowest BCUT2D eigenvalue weighted by molar-refractivity contribution is 0.0327. The third kappa shape index (κ3) is 3.92. The molecule has 6 heteroatoms. The second-order valence-corrected chi connectivity index (χ2v) is 8.92. The van der Waals surface area contributed by atoms with Crippen molar-refractivity contribution in [1.29, 1.82) is 0 Å². The molecule has 0 N–H and O–H groups in total. The Kier molecular flexibility index (Phi) is 4.91. The fourth-order valence-corrected chi connectivity index (χ4v) is 3.78. The van der Waals surface area contributed by atoms with Crippen LogP contribution in [0.1, 0.15) is 52.1 Å². The average Bonchev–Trinajstić information content (AvgIpc) is 3.28. The Morgan fingerprint density at radius 1 is 1.32 bits per heavy atom. The van der Waals surface area contributed by atoms with Gasteiger partial charge in [-0.3, -0.25) is 9.58 Å². The van der Waals surface area contributed by atoms with E-state index in [-0.39, 0.29) is 6.09 Å². The van der Waals surface area contributed by atoms with Gasteiger partial charge in [-0.15, -0.1) is 0 Å². The number of ether oxygens (including phenoxy) is 2. The lowest BCUT2D eigenvalue weighted by Crippen LogP contribution is -2.39. The van der Waals surface area contributed by atoms with E-state index in [9.17, 15) is 4.79 Å². The predicted molar refractivity (Wildman–Crippen MR) is 109 cm³/mol. The number of aromatic nitrogens is 2. The minimum atomic E-state index is -0.519. The summed E-state index contributed by atoms with van der Waals surface area (Å²) in [7, 11) is 0. The summed E-state index contributed by atoms with van der Waals surface area (Å²) < 4.78 is 13.2. The van der Waals surface area contributed by atoms with Gasteiger partial charge in [-0.25, -0.2) is 4.79 Å². The van der Waals surface area contributed by atoms with Crippen LogP contribution in [0.2, 0.25) is 0 Å². The van der Waals surface area contributed by atoms with Gasteiger partial charge in [0, 0.05) is 30.3 Å². The van der Waals surface area contributed by atoms with Crippen molar-refractivity contribution in [3.8, 4) is 0 Å². The molecule has 2 aliphatic rings.